The molecular formula is C7H10F2N2O2. The van der Waals surface area contributed by atoms with Crippen molar-refractivity contribution in [3.63, 3.8) is 0 Å². The van der Waals surface area contributed by atoms with Gasteiger partial charge in [0.25, 0.3) is 0 Å². The van der Waals surface area contributed by atoms with Crippen LogP contribution in [0.5, 0.6) is 0 Å². The van der Waals surface area contributed by atoms with E-state index in [1.54, 1.807) is 0 Å². The number of alkyl halides is 2. The van der Waals surface area contributed by atoms with Crippen molar-refractivity contribution in [2.24, 2.45) is 0 Å². The van der Waals surface area contributed by atoms with Gasteiger partial charge in [0.05, 0.1) is 7.11 Å². The number of hydrogen-bond acceptors (Lipinski definition) is 4. The van der Waals surface area contributed by atoms with Crippen molar-refractivity contribution >= 4 is 5.97 Å². The zero-order chi connectivity index (χ0) is 10.0. The highest BCUT2D eigenvalue weighted by atomic mass is 19.3. The molecule has 4 nitrogen and oxygen atoms in total. The fraction of sp³-hybridized carbons (Fsp3) is 0.571. The monoisotopic (exact) mass is 192 g/mol. The lowest BCUT2D eigenvalue weighted by Crippen LogP contribution is -2.40. The molecule has 0 radical (unpaired) electrons. The maximum Gasteiger partial charge on any atom is 0.355 e. The Hall–Kier alpha value is -1.17. The molecule has 13 heavy (non-hydrogen) atoms. The van der Waals surface area contributed by atoms with Gasteiger partial charge in [0.1, 0.15) is 5.70 Å². The van der Waals surface area contributed by atoms with E-state index in [-0.39, 0.29) is 12.2 Å². The van der Waals surface area contributed by atoms with Crippen LogP contribution in [0.3, 0.4) is 0 Å². The number of ether oxygens (including phenoxy) is 1. The normalized spacial score (nSPS) is 17.9. The van der Waals surface area contributed by atoms with Gasteiger partial charge in [-0.3, -0.25) is 0 Å². The third-order valence-electron chi connectivity index (χ3n) is 1.74. The van der Waals surface area contributed by atoms with Gasteiger partial charge >= 0.3 is 12.5 Å². The minimum atomic E-state index is -2.72. The average Bonchev–Trinajstić information content (AvgIpc) is 2.45. The maximum absolute atomic E-state index is 12.4. The van der Waals surface area contributed by atoms with E-state index in [9.17, 15) is 13.6 Å². The molecule has 0 aliphatic carbocycles. The molecule has 0 atom stereocenters. The molecule has 0 bridgehead atoms. The standard InChI is InChI=1S/C7H10F2N2O2/c1-10-4-3-5(6(12)13-2)11(10)7(8)9/h3,7H,4H2,1-2H3. The first-order valence-electron chi connectivity index (χ1n) is 3.65. The lowest BCUT2D eigenvalue weighted by Gasteiger charge is -2.26. The van der Waals surface area contributed by atoms with E-state index in [2.05, 4.69) is 4.74 Å². The van der Waals surface area contributed by atoms with Crippen LogP contribution in [-0.2, 0) is 9.53 Å². The number of halogens is 2. The minimum Gasteiger partial charge on any atom is -0.464 e. The third kappa shape index (κ3) is 1.77. The first-order valence-corrected chi connectivity index (χ1v) is 3.65. The zero-order valence-electron chi connectivity index (χ0n) is 7.33. The number of methoxy groups -OCH3 is 1. The van der Waals surface area contributed by atoms with Crippen molar-refractivity contribution in [1.82, 2.24) is 10.0 Å². The highest BCUT2D eigenvalue weighted by Gasteiger charge is 2.32. The van der Waals surface area contributed by atoms with Crippen molar-refractivity contribution in [2.45, 2.75) is 6.55 Å². The molecular weight excluding hydrogens is 182 g/mol. The van der Waals surface area contributed by atoms with E-state index in [4.69, 9.17) is 0 Å². The second-order valence-electron chi connectivity index (χ2n) is 2.54. The van der Waals surface area contributed by atoms with Gasteiger partial charge in [-0.2, -0.15) is 8.78 Å². The first-order chi connectivity index (χ1) is 6.07. The average molecular weight is 192 g/mol. The molecule has 0 aromatic heterocycles. The van der Waals surface area contributed by atoms with Crippen LogP contribution in [-0.4, -0.2) is 43.2 Å². The number of carbonyl (C=O) groups is 1. The summed E-state index contributed by atoms with van der Waals surface area (Å²) in [5.41, 5.74) is -0.111. The van der Waals surface area contributed by atoms with Gasteiger partial charge in [0.15, 0.2) is 0 Å². The predicted octanol–water partition coefficient (Wildman–Crippen LogP) is 0.428. The number of carbonyl (C=O) groups excluding carboxylic acids is 1. The topological polar surface area (TPSA) is 32.8 Å². The quantitative estimate of drug-likeness (QED) is 0.469. The molecule has 0 saturated heterocycles. The van der Waals surface area contributed by atoms with Gasteiger partial charge in [-0.25, -0.2) is 14.8 Å². The number of nitrogens with zero attached hydrogens (tertiary/aromatic N) is 2. The summed E-state index contributed by atoms with van der Waals surface area (Å²) >= 11 is 0. The summed E-state index contributed by atoms with van der Waals surface area (Å²) in [5, 5.41) is 1.85. The van der Waals surface area contributed by atoms with E-state index >= 15 is 0 Å². The number of rotatable bonds is 2. The molecule has 1 heterocycles. The Labute approximate surface area is 74.3 Å². The Bertz CT molecular complexity index is 243. The fourth-order valence-corrected chi connectivity index (χ4v) is 1.12. The molecule has 0 fully saturated rings. The van der Waals surface area contributed by atoms with Crippen molar-refractivity contribution in [1.29, 1.82) is 0 Å². The van der Waals surface area contributed by atoms with Gasteiger partial charge < -0.3 is 4.74 Å². The molecule has 0 aromatic carbocycles. The van der Waals surface area contributed by atoms with Crippen LogP contribution >= 0.6 is 0 Å². The van der Waals surface area contributed by atoms with Crippen LogP contribution in [0.2, 0.25) is 0 Å². The van der Waals surface area contributed by atoms with Crippen LogP contribution in [0.15, 0.2) is 11.8 Å². The molecule has 0 unspecified atom stereocenters. The second-order valence-corrected chi connectivity index (χ2v) is 2.54. The molecule has 74 valence electrons. The second kappa shape index (κ2) is 3.69. The summed E-state index contributed by atoms with van der Waals surface area (Å²) in [6.07, 6.45) is 1.40. The Morgan fingerprint density at radius 1 is 1.69 bits per heavy atom. The van der Waals surface area contributed by atoms with Gasteiger partial charge in [-0.05, 0) is 6.08 Å². The van der Waals surface area contributed by atoms with Crippen molar-refractivity contribution in [2.75, 3.05) is 20.7 Å². The van der Waals surface area contributed by atoms with Crippen LogP contribution < -0.4 is 0 Å². The van der Waals surface area contributed by atoms with Gasteiger partial charge in [-0.15, -0.1) is 0 Å². The molecule has 1 aliphatic rings. The molecule has 0 aromatic rings. The molecule has 0 amide bonds. The number of likely N-dealkylation sites (N-methyl/N-ethyl adjacent to an activating group) is 1. The van der Waals surface area contributed by atoms with Crippen LogP contribution in [0.1, 0.15) is 0 Å². The first kappa shape index (κ1) is 9.91. The summed E-state index contributed by atoms with van der Waals surface area (Å²) < 4.78 is 29.1. The number of hydrogen-bond donors (Lipinski definition) is 0. The summed E-state index contributed by atoms with van der Waals surface area (Å²) in [5.74, 6) is -0.746. The zero-order valence-corrected chi connectivity index (χ0v) is 7.33. The summed E-state index contributed by atoms with van der Waals surface area (Å²) in [6.45, 7) is -2.44. The summed E-state index contributed by atoms with van der Waals surface area (Å²) in [7, 11) is 2.63. The highest BCUT2D eigenvalue weighted by Crippen LogP contribution is 2.20. The lowest BCUT2D eigenvalue weighted by atomic mass is 10.4. The molecule has 1 rings (SSSR count). The Balaban J connectivity index is 2.79. The van der Waals surface area contributed by atoms with Crippen LogP contribution in [0.25, 0.3) is 0 Å². The van der Waals surface area contributed by atoms with E-state index in [0.717, 1.165) is 7.11 Å². The van der Waals surface area contributed by atoms with Crippen molar-refractivity contribution in [3.8, 4) is 0 Å². The molecule has 0 spiro atoms. The Kier molecular flexibility index (Phi) is 2.82. The highest BCUT2D eigenvalue weighted by molar-refractivity contribution is 5.88. The van der Waals surface area contributed by atoms with Crippen LogP contribution in [0.4, 0.5) is 8.78 Å². The van der Waals surface area contributed by atoms with E-state index < -0.39 is 12.5 Å². The van der Waals surface area contributed by atoms with Crippen LogP contribution in [0, 0.1) is 0 Å². The number of esters is 1. The molecule has 6 heteroatoms. The van der Waals surface area contributed by atoms with E-state index in [1.807, 2.05) is 0 Å². The fourth-order valence-electron chi connectivity index (χ4n) is 1.12. The SMILES string of the molecule is COC(=O)C1=CCN(C)N1C(F)F. The maximum atomic E-state index is 12.4. The Morgan fingerprint density at radius 2 is 2.31 bits per heavy atom. The van der Waals surface area contributed by atoms with Crippen molar-refractivity contribution in [3.05, 3.63) is 11.8 Å². The van der Waals surface area contributed by atoms with E-state index in [1.165, 1.54) is 18.1 Å². The molecule has 0 saturated carbocycles. The van der Waals surface area contributed by atoms with Crippen molar-refractivity contribution < 1.29 is 18.3 Å². The minimum absolute atomic E-state index is 0.111. The smallest absolute Gasteiger partial charge is 0.355 e. The summed E-state index contributed by atoms with van der Waals surface area (Å²) in [4.78, 5) is 11.0. The molecule has 0 N–H and O–H groups in total. The Morgan fingerprint density at radius 3 is 2.77 bits per heavy atom. The van der Waals surface area contributed by atoms with E-state index in [0.29, 0.717) is 5.01 Å². The summed E-state index contributed by atoms with van der Waals surface area (Å²) in [6, 6.07) is 0. The third-order valence-corrected chi connectivity index (χ3v) is 1.74. The van der Waals surface area contributed by atoms with Gasteiger partial charge in [0, 0.05) is 13.6 Å². The lowest BCUT2D eigenvalue weighted by molar-refractivity contribution is -0.150. The van der Waals surface area contributed by atoms with Gasteiger partial charge in [-0.1, -0.05) is 0 Å². The number of hydrazine groups is 1. The predicted molar refractivity (Wildman–Crippen MR) is 40.6 cm³/mol. The van der Waals surface area contributed by atoms with Gasteiger partial charge in [0.2, 0.25) is 0 Å². The largest absolute Gasteiger partial charge is 0.464 e. The molecule has 1 aliphatic heterocycles.